The predicted octanol–water partition coefficient (Wildman–Crippen LogP) is 0.955. The largest absolute Gasteiger partial charge is 0.353 e. The lowest BCUT2D eigenvalue weighted by Crippen LogP contribution is -2.29. The molecule has 0 atom stereocenters. The minimum Gasteiger partial charge on any atom is -0.353 e. The highest BCUT2D eigenvalue weighted by Crippen LogP contribution is 2.21. The normalized spacial score (nSPS) is 18.8. The van der Waals surface area contributed by atoms with Crippen molar-refractivity contribution in [1.82, 2.24) is 10.3 Å². The molecule has 112 valence electrons. The summed E-state index contributed by atoms with van der Waals surface area (Å²) < 4.78 is 37.6. The number of rotatable bonds is 4. The summed E-state index contributed by atoms with van der Waals surface area (Å²) in [6.07, 6.45) is 2.09. The topological polar surface area (TPSA) is 62.3 Å². The lowest BCUT2D eigenvalue weighted by molar-refractivity contribution is 0.579. The number of pyridine rings is 1. The molecule has 1 saturated heterocycles. The summed E-state index contributed by atoms with van der Waals surface area (Å²) in [6.45, 7) is 3.99. The van der Waals surface area contributed by atoms with Crippen molar-refractivity contribution < 1.29 is 12.8 Å². The molecule has 20 heavy (non-hydrogen) atoms. The number of nitrogens with one attached hydrogen (secondary N) is 1. The van der Waals surface area contributed by atoms with Gasteiger partial charge in [0.1, 0.15) is 0 Å². The van der Waals surface area contributed by atoms with E-state index < -0.39 is 9.84 Å². The van der Waals surface area contributed by atoms with Crippen molar-refractivity contribution >= 4 is 15.7 Å². The van der Waals surface area contributed by atoms with Crippen molar-refractivity contribution in [2.24, 2.45) is 0 Å². The van der Waals surface area contributed by atoms with Gasteiger partial charge in [-0.3, -0.25) is 0 Å². The van der Waals surface area contributed by atoms with E-state index >= 15 is 0 Å². The number of nitrogens with zero attached hydrogens (tertiary/aromatic N) is 2. The van der Waals surface area contributed by atoms with Crippen LogP contribution in [0.15, 0.2) is 12.3 Å². The lowest BCUT2D eigenvalue weighted by atomic mass is 10.2. The Kier molecular flexibility index (Phi) is 4.93. The minimum absolute atomic E-state index is 0.0611. The summed E-state index contributed by atoms with van der Waals surface area (Å²) in [4.78, 5) is 5.82. The second-order valence-electron chi connectivity index (χ2n) is 4.88. The Morgan fingerprint density at radius 2 is 2.20 bits per heavy atom. The summed E-state index contributed by atoms with van der Waals surface area (Å²) >= 11 is 0. The van der Waals surface area contributed by atoms with Crippen LogP contribution in [0.2, 0.25) is 0 Å². The van der Waals surface area contributed by atoms with Crippen molar-refractivity contribution in [2.75, 3.05) is 36.0 Å². The van der Waals surface area contributed by atoms with Crippen molar-refractivity contribution in [3.8, 4) is 0 Å². The van der Waals surface area contributed by atoms with Gasteiger partial charge in [-0.2, -0.15) is 0 Å². The smallest absolute Gasteiger partial charge is 0.170 e. The lowest BCUT2D eigenvalue weighted by Gasteiger charge is -2.22. The maximum absolute atomic E-state index is 14.4. The maximum atomic E-state index is 14.4. The zero-order chi connectivity index (χ0) is 14.6. The summed E-state index contributed by atoms with van der Waals surface area (Å²) in [5.41, 5.74) is 0.559. The van der Waals surface area contributed by atoms with E-state index in [4.69, 9.17) is 0 Å². The van der Waals surface area contributed by atoms with Crippen LogP contribution in [0, 0.1) is 5.82 Å². The van der Waals surface area contributed by atoms with Gasteiger partial charge >= 0.3 is 0 Å². The molecule has 0 amide bonds. The Morgan fingerprint density at radius 3 is 2.95 bits per heavy atom. The van der Waals surface area contributed by atoms with Gasteiger partial charge < -0.3 is 10.2 Å². The fourth-order valence-corrected chi connectivity index (χ4v) is 3.51. The SMILES string of the molecule is CCNCc1ccnc(N2CCCS(=O)(=O)CC2)c1F. The highest BCUT2D eigenvalue weighted by molar-refractivity contribution is 7.91. The Morgan fingerprint density at radius 1 is 1.40 bits per heavy atom. The quantitative estimate of drug-likeness (QED) is 0.897. The van der Waals surface area contributed by atoms with E-state index in [1.54, 1.807) is 17.2 Å². The Labute approximate surface area is 119 Å². The highest BCUT2D eigenvalue weighted by Gasteiger charge is 2.22. The predicted molar refractivity (Wildman–Crippen MR) is 77.1 cm³/mol. The molecule has 1 aromatic rings. The highest BCUT2D eigenvalue weighted by atomic mass is 32.2. The van der Waals surface area contributed by atoms with Gasteiger partial charge in [0.05, 0.1) is 11.5 Å². The molecule has 2 rings (SSSR count). The molecule has 0 spiro atoms. The van der Waals surface area contributed by atoms with Crippen molar-refractivity contribution in [2.45, 2.75) is 19.9 Å². The summed E-state index contributed by atoms with van der Waals surface area (Å²) in [6, 6.07) is 1.65. The van der Waals surface area contributed by atoms with Crippen molar-refractivity contribution in [3.63, 3.8) is 0 Å². The van der Waals surface area contributed by atoms with Gasteiger partial charge in [-0.1, -0.05) is 6.92 Å². The molecule has 1 aromatic heterocycles. The second kappa shape index (κ2) is 6.49. The van der Waals surface area contributed by atoms with E-state index in [0.717, 1.165) is 6.54 Å². The molecule has 1 fully saturated rings. The first kappa shape index (κ1) is 15.2. The summed E-state index contributed by atoms with van der Waals surface area (Å²) in [7, 11) is -3.00. The zero-order valence-electron chi connectivity index (χ0n) is 11.6. The van der Waals surface area contributed by atoms with Crippen molar-refractivity contribution in [1.29, 1.82) is 0 Å². The van der Waals surface area contributed by atoms with Gasteiger partial charge in [-0.05, 0) is 19.0 Å². The molecule has 0 unspecified atom stereocenters. The third kappa shape index (κ3) is 3.67. The first-order valence-electron chi connectivity index (χ1n) is 6.83. The van der Waals surface area contributed by atoms with Gasteiger partial charge in [0, 0.05) is 31.4 Å². The molecule has 0 bridgehead atoms. The molecule has 7 heteroatoms. The van der Waals surface area contributed by atoms with E-state index in [2.05, 4.69) is 10.3 Å². The molecule has 0 aliphatic carbocycles. The molecule has 1 aliphatic rings. The molecule has 1 aliphatic heterocycles. The Bertz CT molecular complexity index is 563. The van der Waals surface area contributed by atoms with Crippen LogP contribution in [0.4, 0.5) is 10.2 Å². The van der Waals surface area contributed by atoms with Gasteiger partial charge in [-0.25, -0.2) is 17.8 Å². The van der Waals surface area contributed by atoms with Crippen LogP contribution < -0.4 is 10.2 Å². The van der Waals surface area contributed by atoms with Crippen LogP contribution in [-0.4, -0.2) is 44.5 Å². The molecular formula is C13H20FN3O2S. The average Bonchev–Trinajstić information content (AvgIpc) is 2.59. The standard InChI is InChI=1S/C13H20FN3O2S/c1-2-15-10-11-4-5-16-13(12(11)14)17-6-3-8-20(18,19)9-7-17/h4-5,15H,2-3,6-10H2,1H3. The number of hydrogen-bond acceptors (Lipinski definition) is 5. The number of aromatic nitrogens is 1. The first-order chi connectivity index (χ1) is 9.53. The monoisotopic (exact) mass is 301 g/mol. The average molecular weight is 301 g/mol. The third-order valence-electron chi connectivity index (χ3n) is 3.37. The van der Waals surface area contributed by atoms with Crippen molar-refractivity contribution in [3.05, 3.63) is 23.6 Å². The van der Waals surface area contributed by atoms with Gasteiger partial charge in [0.25, 0.3) is 0 Å². The van der Waals surface area contributed by atoms with Crippen LogP contribution in [0.5, 0.6) is 0 Å². The van der Waals surface area contributed by atoms with E-state index in [-0.39, 0.29) is 23.1 Å². The molecule has 2 heterocycles. The third-order valence-corrected chi connectivity index (χ3v) is 5.09. The molecule has 5 nitrogen and oxygen atoms in total. The number of anilines is 1. The Hall–Kier alpha value is -1.21. The fourth-order valence-electron chi connectivity index (χ4n) is 2.24. The van der Waals surface area contributed by atoms with E-state index in [9.17, 15) is 12.8 Å². The van der Waals surface area contributed by atoms with Gasteiger partial charge in [0.2, 0.25) is 0 Å². The summed E-state index contributed by atoms with van der Waals surface area (Å²) in [5, 5.41) is 3.08. The van der Waals surface area contributed by atoms with E-state index in [1.807, 2.05) is 6.92 Å². The van der Waals surface area contributed by atoms with Crippen LogP contribution in [0.3, 0.4) is 0 Å². The molecular weight excluding hydrogens is 281 g/mol. The molecule has 1 N–H and O–H groups in total. The second-order valence-corrected chi connectivity index (χ2v) is 7.18. The van der Waals surface area contributed by atoms with E-state index in [1.165, 1.54) is 0 Å². The Balaban J connectivity index is 2.19. The minimum atomic E-state index is -3.00. The van der Waals surface area contributed by atoms with Crippen LogP contribution in [-0.2, 0) is 16.4 Å². The number of hydrogen-bond donors (Lipinski definition) is 1. The molecule has 0 radical (unpaired) electrons. The molecule has 0 aromatic carbocycles. The fraction of sp³-hybridized carbons (Fsp3) is 0.615. The van der Waals surface area contributed by atoms with Gasteiger partial charge in [0.15, 0.2) is 21.5 Å². The van der Waals surface area contributed by atoms with Crippen LogP contribution in [0.25, 0.3) is 0 Å². The maximum Gasteiger partial charge on any atom is 0.170 e. The molecule has 0 saturated carbocycles. The summed E-state index contributed by atoms with van der Waals surface area (Å²) in [5.74, 6) is 0.138. The van der Waals surface area contributed by atoms with Crippen LogP contribution >= 0.6 is 0 Å². The number of halogens is 1. The zero-order valence-corrected chi connectivity index (χ0v) is 12.4. The van der Waals surface area contributed by atoms with E-state index in [0.29, 0.717) is 31.6 Å². The number of sulfone groups is 1. The first-order valence-corrected chi connectivity index (χ1v) is 8.65. The van der Waals surface area contributed by atoms with Crippen LogP contribution in [0.1, 0.15) is 18.9 Å². The van der Waals surface area contributed by atoms with Gasteiger partial charge in [-0.15, -0.1) is 0 Å².